The van der Waals surface area contributed by atoms with Gasteiger partial charge in [0.2, 0.25) is 0 Å². The number of carboxylic acid groups (broad SMARTS) is 1. The second-order valence-electron chi connectivity index (χ2n) is 4.11. The van der Waals surface area contributed by atoms with Crippen LogP contribution >= 0.6 is 0 Å². The van der Waals surface area contributed by atoms with Crippen molar-refractivity contribution >= 4 is 12.0 Å². The van der Waals surface area contributed by atoms with Gasteiger partial charge in [0.05, 0.1) is 6.61 Å². The Kier molecular flexibility index (Phi) is 8.13. The van der Waals surface area contributed by atoms with Crippen molar-refractivity contribution in [2.45, 2.75) is 33.2 Å². The van der Waals surface area contributed by atoms with Gasteiger partial charge in [-0.05, 0) is 12.3 Å². The molecule has 0 aliphatic carbocycles. The first-order valence-electron chi connectivity index (χ1n) is 5.81. The van der Waals surface area contributed by atoms with Crippen molar-refractivity contribution in [3.05, 3.63) is 0 Å². The number of rotatable bonds is 8. The summed E-state index contributed by atoms with van der Waals surface area (Å²) in [5.74, 6) is -0.630. The molecule has 6 heteroatoms. The number of urea groups is 1. The second-order valence-corrected chi connectivity index (χ2v) is 4.11. The number of hydrogen-bond donors (Lipinski definition) is 3. The third-order valence-electron chi connectivity index (χ3n) is 2.32. The Morgan fingerprint density at radius 2 is 2.00 bits per heavy atom. The van der Waals surface area contributed by atoms with Crippen LogP contribution in [0.1, 0.15) is 27.2 Å². The van der Waals surface area contributed by atoms with Crippen molar-refractivity contribution in [1.82, 2.24) is 10.6 Å². The normalized spacial score (nSPS) is 12.2. The molecule has 0 fully saturated rings. The lowest BCUT2D eigenvalue weighted by atomic mass is 10.0. The van der Waals surface area contributed by atoms with E-state index in [4.69, 9.17) is 9.84 Å². The topological polar surface area (TPSA) is 87.7 Å². The number of nitrogens with one attached hydrogen (secondary N) is 2. The summed E-state index contributed by atoms with van der Waals surface area (Å²) < 4.78 is 4.78. The molecule has 0 aromatic carbocycles. The minimum atomic E-state index is -1.01. The van der Waals surface area contributed by atoms with Gasteiger partial charge in [-0.15, -0.1) is 0 Å². The smallest absolute Gasteiger partial charge is 0.329 e. The van der Waals surface area contributed by atoms with Crippen LogP contribution in [0.3, 0.4) is 0 Å². The van der Waals surface area contributed by atoms with Crippen LogP contribution in [0, 0.1) is 5.92 Å². The molecule has 0 saturated heterocycles. The van der Waals surface area contributed by atoms with Crippen LogP contribution in [-0.4, -0.2) is 42.9 Å². The Morgan fingerprint density at radius 3 is 2.47 bits per heavy atom. The van der Waals surface area contributed by atoms with E-state index in [0.29, 0.717) is 12.5 Å². The molecule has 0 spiro atoms. The van der Waals surface area contributed by atoms with Crippen molar-refractivity contribution in [3.63, 3.8) is 0 Å². The highest BCUT2D eigenvalue weighted by Crippen LogP contribution is 2.04. The number of ether oxygens (including phenoxy) is 1. The Hall–Kier alpha value is -1.30. The van der Waals surface area contributed by atoms with E-state index in [-0.39, 0.29) is 25.3 Å². The number of carbonyl (C=O) groups is 2. The maximum Gasteiger partial charge on any atom is 0.329 e. The van der Waals surface area contributed by atoms with Crippen LogP contribution < -0.4 is 10.6 Å². The van der Waals surface area contributed by atoms with E-state index >= 15 is 0 Å². The summed E-state index contributed by atoms with van der Waals surface area (Å²) in [5.41, 5.74) is 0. The van der Waals surface area contributed by atoms with Gasteiger partial charge in [-0.1, -0.05) is 20.8 Å². The predicted molar refractivity (Wildman–Crippen MR) is 63.9 cm³/mol. The molecule has 0 bridgehead atoms. The lowest BCUT2D eigenvalue weighted by Gasteiger charge is -2.20. The molecule has 0 aromatic rings. The fourth-order valence-corrected chi connectivity index (χ4v) is 1.36. The highest BCUT2D eigenvalue weighted by molar-refractivity contribution is 5.74. The molecule has 0 aliphatic heterocycles. The van der Waals surface area contributed by atoms with E-state index in [1.165, 1.54) is 0 Å². The largest absolute Gasteiger partial charge is 0.480 e. The van der Waals surface area contributed by atoms with Crippen LogP contribution in [-0.2, 0) is 9.53 Å². The van der Waals surface area contributed by atoms with Crippen LogP contribution in [0.25, 0.3) is 0 Å². The van der Waals surface area contributed by atoms with Crippen molar-refractivity contribution < 1.29 is 19.4 Å². The van der Waals surface area contributed by atoms with Crippen molar-refractivity contribution in [3.8, 4) is 0 Å². The molecule has 17 heavy (non-hydrogen) atoms. The van der Waals surface area contributed by atoms with Crippen LogP contribution in [0.2, 0.25) is 0 Å². The summed E-state index contributed by atoms with van der Waals surface area (Å²) in [7, 11) is 0. The number of aliphatic carboxylic acids is 1. The number of amides is 2. The fourth-order valence-electron chi connectivity index (χ4n) is 1.36. The molecule has 3 N–H and O–H groups in total. The van der Waals surface area contributed by atoms with E-state index in [9.17, 15) is 9.59 Å². The van der Waals surface area contributed by atoms with Gasteiger partial charge in [0.25, 0.3) is 0 Å². The maximum absolute atomic E-state index is 11.4. The molecular formula is C11H22N2O4. The first-order chi connectivity index (χ1) is 7.97. The first kappa shape index (κ1) is 15.7. The molecule has 0 radical (unpaired) electrons. The number of hydrogen-bond acceptors (Lipinski definition) is 3. The second kappa shape index (κ2) is 8.81. The van der Waals surface area contributed by atoms with Crippen molar-refractivity contribution in [2.75, 3.05) is 19.8 Å². The Bertz CT molecular complexity index is 244. The van der Waals surface area contributed by atoms with E-state index < -0.39 is 5.97 Å². The zero-order valence-corrected chi connectivity index (χ0v) is 10.7. The van der Waals surface area contributed by atoms with Crippen LogP contribution in [0.5, 0.6) is 0 Å². The zero-order valence-electron chi connectivity index (χ0n) is 10.7. The summed E-state index contributed by atoms with van der Waals surface area (Å²) in [5, 5.41) is 13.8. The Morgan fingerprint density at radius 1 is 1.35 bits per heavy atom. The molecule has 0 heterocycles. The van der Waals surface area contributed by atoms with E-state index in [1.54, 1.807) is 0 Å². The summed E-state index contributed by atoms with van der Waals surface area (Å²) in [6, 6.07) is -0.0978. The average Bonchev–Trinajstić information content (AvgIpc) is 2.24. The monoisotopic (exact) mass is 246 g/mol. The third-order valence-corrected chi connectivity index (χ3v) is 2.32. The zero-order chi connectivity index (χ0) is 13.3. The first-order valence-corrected chi connectivity index (χ1v) is 5.81. The summed E-state index contributed by atoms with van der Waals surface area (Å²) in [6.45, 7) is 6.26. The molecule has 1 atom stereocenters. The molecule has 0 rings (SSSR count). The maximum atomic E-state index is 11.4. The predicted octanol–water partition coefficient (Wildman–Crippen LogP) is 0.821. The van der Waals surface area contributed by atoms with E-state index in [0.717, 1.165) is 6.42 Å². The lowest BCUT2D eigenvalue weighted by molar-refractivity contribution is -0.142. The van der Waals surface area contributed by atoms with Gasteiger partial charge in [-0.3, -0.25) is 0 Å². The van der Waals surface area contributed by atoms with Gasteiger partial charge < -0.3 is 20.5 Å². The quantitative estimate of drug-likeness (QED) is 0.553. The third kappa shape index (κ3) is 8.50. The van der Waals surface area contributed by atoms with Gasteiger partial charge >= 0.3 is 12.0 Å². The lowest BCUT2D eigenvalue weighted by Crippen LogP contribution is -2.45. The Balaban J connectivity index is 3.62. The van der Waals surface area contributed by atoms with Crippen LogP contribution in [0.15, 0.2) is 0 Å². The molecule has 0 saturated carbocycles. The minimum Gasteiger partial charge on any atom is -0.480 e. The van der Waals surface area contributed by atoms with Gasteiger partial charge in [0, 0.05) is 12.6 Å². The highest BCUT2D eigenvalue weighted by Gasteiger charge is 2.13. The SMILES string of the molecule is CCC(NC(=O)NCCOCC(=O)O)C(C)C. The van der Waals surface area contributed by atoms with Gasteiger partial charge in [0.1, 0.15) is 6.61 Å². The average molecular weight is 246 g/mol. The van der Waals surface area contributed by atoms with Crippen LogP contribution in [0.4, 0.5) is 4.79 Å². The summed E-state index contributed by atoms with van der Waals surface area (Å²) in [6.07, 6.45) is 0.876. The number of carboxylic acids is 1. The molecule has 0 aromatic heterocycles. The summed E-state index contributed by atoms with van der Waals surface area (Å²) in [4.78, 5) is 21.6. The standard InChI is InChI=1S/C11H22N2O4/c1-4-9(8(2)3)13-11(16)12-5-6-17-7-10(14)15/h8-9H,4-7H2,1-3H3,(H,14,15)(H2,12,13,16). The number of carbonyl (C=O) groups excluding carboxylic acids is 1. The van der Waals surface area contributed by atoms with E-state index in [1.807, 2.05) is 20.8 Å². The van der Waals surface area contributed by atoms with Gasteiger partial charge in [0.15, 0.2) is 0 Å². The molecule has 1 unspecified atom stereocenters. The van der Waals surface area contributed by atoms with E-state index in [2.05, 4.69) is 10.6 Å². The molecule has 6 nitrogen and oxygen atoms in total. The molecule has 100 valence electrons. The molecule has 0 aliphatic rings. The van der Waals surface area contributed by atoms with Gasteiger partial charge in [-0.2, -0.15) is 0 Å². The highest BCUT2D eigenvalue weighted by atomic mass is 16.5. The Labute approximate surface area is 102 Å². The van der Waals surface area contributed by atoms with Gasteiger partial charge in [-0.25, -0.2) is 9.59 Å². The molecule has 2 amide bonds. The minimum absolute atomic E-state index is 0.148. The van der Waals surface area contributed by atoms with Crippen molar-refractivity contribution in [2.24, 2.45) is 5.92 Å². The van der Waals surface area contributed by atoms with Crippen molar-refractivity contribution in [1.29, 1.82) is 0 Å². The summed E-state index contributed by atoms with van der Waals surface area (Å²) >= 11 is 0. The molecular weight excluding hydrogens is 224 g/mol. The fraction of sp³-hybridized carbons (Fsp3) is 0.818.